The van der Waals surface area contributed by atoms with Crippen LogP contribution >= 0.6 is 0 Å². The molecule has 0 saturated heterocycles. The van der Waals surface area contributed by atoms with Gasteiger partial charge < -0.3 is 14.0 Å². The lowest BCUT2D eigenvalue weighted by atomic mass is 10.3. The van der Waals surface area contributed by atoms with E-state index < -0.39 is 15.7 Å². The van der Waals surface area contributed by atoms with E-state index in [1.54, 1.807) is 6.07 Å². The summed E-state index contributed by atoms with van der Waals surface area (Å²) in [6, 6.07) is 5.76. The van der Waals surface area contributed by atoms with Crippen LogP contribution in [0.1, 0.15) is 6.42 Å². The molecule has 2 heterocycles. The number of fused-ring (bicyclic) bond motifs is 1. The molecule has 1 aliphatic heterocycles. The largest absolute Gasteiger partial charge is 0.490 e. The highest BCUT2D eigenvalue weighted by atomic mass is 32.2. The maximum absolute atomic E-state index is 12.4. The average molecular weight is 337 g/mol. The zero-order valence-electron chi connectivity index (χ0n) is 12.4. The molecule has 0 spiro atoms. The smallest absolute Gasteiger partial charge is 0.349 e. The van der Waals surface area contributed by atoms with Crippen LogP contribution in [0.15, 0.2) is 40.2 Å². The Labute approximate surface area is 132 Å². The maximum Gasteiger partial charge on any atom is 0.349 e. The molecule has 1 aliphatic rings. The summed E-state index contributed by atoms with van der Waals surface area (Å²) in [6.45, 7) is 0.981. The van der Waals surface area contributed by atoms with Crippen molar-refractivity contribution >= 4 is 15.8 Å². The standard InChI is InChI=1S/C14H15N3O5S/c1-17-6-5-13(15-14(17)18)16-23(19,20)10-3-4-11-12(9-10)22-8-2-7-21-11/h3-6,9H,2,7-8H2,1H3,(H,15,16,18). The molecule has 8 nitrogen and oxygen atoms in total. The van der Waals surface area contributed by atoms with Gasteiger partial charge >= 0.3 is 5.69 Å². The predicted octanol–water partition coefficient (Wildman–Crippen LogP) is 0.742. The molecule has 23 heavy (non-hydrogen) atoms. The highest BCUT2D eigenvalue weighted by molar-refractivity contribution is 7.92. The first kappa shape index (κ1) is 15.3. The zero-order chi connectivity index (χ0) is 16.4. The molecule has 0 radical (unpaired) electrons. The van der Waals surface area contributed by atoms with Crippen LogP contribution in [0.25, 0.3) is 0 Å². The Hall–Kier alpha value is -2.55. The maximum atomic E-state index is 12.4. The highest BCUT2D eigenvalue weighted by Crippen LogP contribution is 2.32. The molecule has 0 bridgehead atoms. The summed E-state index contributed by atoms with van der Waals surface area (Å²) in [5, 5.41) is 0. The fraction of sp³-hybridized carbons (Fsp3) is 0.286. The van der Waals surface area contributed by atoms with Crippen molar-refractivity contribution in [2.45, 2.75) is 11.3 Å². The van der Waals surface area contributed by atoms with Gasteiger partial charge in [-0.25, -0.2) is 13.2 Å². The molecule has 2 aromatic rings. The predicted molar refractivity (Wildman–Crippen MR) is 82.3 cm³/mol. The quantitative estimate of drug-likeness (QED) is 0.887. The number of anilines is 1. The normalized spacial score (nSPS) is 14.1. The average Bonchev–Trinajstić information content (AvgIpc) is 2.75. The van der Waals surface area contributed by atoms with E-state index in [9.17, 15) is 13.2 Å². The molecular formula is C14H15N3O5S. The van der Waals surface area contributed by atoms with Crippen LogP contribution in [0.4, 0.5) is 5.82 Å². The Morgan fingerprint density at radius 1 is 1.17 bits per heavy atom. The molecule has 3 rings (SSSR count). The first-order valence-corrected chi connectivity index (χ1v) is 8.40. The third kappa shape index (κ3) is 3.29. The van der Waals surface area contributed by atoms with Crippen molar-refractivity contribution in [3.05, 3.63) is 40.9 Å². The number of hydrogen-bond donors (Lipinski definition) is 1. The minimum Gasteiger partial charge on any atom is -0.490 e. The van der Waals surface area contributed by atoms with E-state index in [1.807, 2.05) is 0 Å². The fourth-order valence-electron chi connectivity index (χ4n) is 2.03. The van der Waals surface area contributed by atoms with E-state index in [4.69, 9.17) is 9.47 Å². The summed E-state index contributed by atoms with van der Waals surface area (Å²) < 4.78 is 39.3. The van der Waals surface area contributed by atoms with E-state index in [0.29, 0.717) is 24.7 Å². The molecule has 0 unspecified atom stereocenters. The van der Waals surface area contributed by atoms with Gasteiger partial charge in [-0.15, -0.1) is 0 Å². The second kappa shape index (κ2) is 5.92. The molecule has 1 aromatic heterocycles. The summed E-state index contributed by atoms with van der Waals surface area (Å²) in [5.41, 5.74) is -0.552. The van der Waals surface area contributed by atoms with Crippen molar-refractivity contribution in [3.63, 3.8) is 0 Å². The summed E-state index contributed by atoms with van der Waals surface area (Å²) in [7, 11) is -2.36. The lowest BCUT2D eigenvalue weighted by Gasteiger charge is -2.11. The van der Waals surface area contributed by atoms with Crippen LogP contribution in [0.3, 0.4) is 0 Å². The SMILES string of the molecule is Cn1ccc(NS(=O)(=O)c2ccc3c(c2)OCCCO3)nc1=O. The number of rotatable bonds is 3. The lowest BCUT2D eigenvalue weighted by molar-refractivity contribution is 0.297. The van der Waals surface area contributed by atoms with Gasteiger partial charge in [0.15, 0.2) is 11.5 Å². The molecule has 0 fully saturated rings. The zero-order valence-corrected chi connectivity index (χ0v) is 13.2. The van der Waals surface area contributed by atoms with E-state index in [1.165, 1.54) is 36.0 Å². The molecule has 122 valence electrons. The number of aryl methyl sites for hydroxylation is 1. The number of benzene rings is 1. The first-order valence-electron chi connectivity index (χ1n) is 6.92. The minimum absolute atomic E-state index is 0.00391. The van der Waals surface area contributed by atoms with Crippen LogP contribution < -0.4 is 19.9 Å². The third-order valence-corrected chi connectivity index (χ3v) is 4.59. The van der Waals surface area contributed by atoms with Crippen molar-refractivity contribution in [3.8, 4) is 11.5 Å². The molecular weight excluding hydrogens is 322 g/mol. The Kier molecular flexibility index (Phi) is 3.95. The third-order valence-electron chi connectivity index (χ3n) is 3.24. The Bertz CT molecular complexity index is 892. The number of hydrogen-bond acceptors (Lipinski definition) is 6. The Morgan fingerprint density at radius 3 is 2.65 bits per heavy atom. The van der Waals surface area contributed by atoms with E-state index in [-0.39, 0.29) is 10.7 Å². The van der Waals surface area contributed by atoms with Crippen LogP contribution in [0.5, 0.6) is 11.5 Å². The Balaban J connectivity index is 1.91. The van der Waals surface area contributed by atoms with Crippen LogP contribution in [0.2, 0.25) is 0 Å². The van der Waals surface area contributed by atoms with Crippen LogP contribution in [-0.4, -0.2) is 31.2 Å². The minimum atomic E-state index is -3.88. The van der Waals surface area contributed by atoms with Gasteiger partial charge in [-0.1, -0.05) is 0 Å². The lowest BCUT2D eigenvalue weighted by Crippen LogP contribution is -2.22. The second-order valence-electron chi connectivity index (χ2n) is 4.97. The molecule has 1 N–H and O–H groups in total. The van der Waals surface area contributed by atoms with Gasteiger partial charge in [0.25, 0.3) is 10.0 Å². The van der Waals surface area contributed by atoms with E-state index in [2.05, 4.69) is 9.71 Å². The number of nitrogens with zero attached hydrogens (tertiary/aromatic N) is 2. The monoisotopic (exact) mass is 337 g/mol. The van der Waals surface area contributed by atoms with Gasteiger partial charge in [0.2, 0.25) is 0 Å². The van der Waals surface area contributed by atoms with Crippen molar-refractivity contribution in [1.82, 2.24) is 9.55 Å². The molecule has 9 heteroatoms. The second-order valence-corrected chi connectivity index (χ2v) is 6.65. The summed E-state index contributed by atoms with van der Waals surface area (Å²) in [6.07, 6.45) is 2.16. The molecule has 0 amide bonds. The van der Waals surface area contributed by atoms with Gasteiger partial charge in [0.05, 0.1) is 18.1 Å². The highest BCUT2D eigenvalue weighted by Gasteiger charge is 2.19. The van der Waals surface area contributed by atoms with Crippen molar-refractivity contribution in [2.75, 3.05) is 17.9 Å². The molecule has 1 aromatic carbocycles. The van der Waals surface area contributed by atoms with E-state index >= 15 is 0 Å². The Morgan fingerprint density at radius 2 is 1.91 bits per heavy atom. The fourth-order valence-corrected chi connectivity index (χ4v) is 3.05. The number of sulfonamides is 1. The van der Waals surface area contributed by atoms with Crippen LogP contribution in [0, 0.1) is 0 Å². The summed E-state index contributed by atoms with van der Waals surface area (Å²) in [5.74, 6) is 0.843. The number of aromatic nitrogens is 2. The van der Waals surface area contributed by atoms with Gasteiger partial charge in [-0.3, -0.25) is 4.72 Å². The molecule has 0 aliphatic carbocycles. The number of nitrogens with one attached hydrogen (secondary N) is 1. The topological polar surface area (TPSA) is 99.5 Å². The van der Waals surface area contributed by atoms with Gasteiger partial charge in [0, 0.05) is 25.7 Å². The summed E-state index contributed by atoms with van der Waals surface area (Å²) in [4.78, 5) is 15.1. The number of ether oxygens (including phenoxy) is 2. The van der Waals surface area contributed by atoms with Gasteiger partial charge in [-0.05, 0) is 18.2 Å². The van der Waals surface area contributed by atoms with Crippen molar-refractivity contribution in [1.29, 1.82) is 0 Å². The molecule has 0 saturated carbocycles. The van der Waals surface area contributed by atoms with Gasteiger partial charge in [0.1, 0.15) is 5.82 Å². The molecule has 0 atom stereocenters. The van der Waals surface area contributed by atoms with Gasteiger partial charge in [-0.2, -0.15) is 4.98 Å². The van der Waals surface area contributed by atoms with Crippen molar-refractivity contribution in [2.24, 2.45) is 7.05 Å². The van der Waals surface area contributed by atoms with Crippen LogP contribution in [-0.2, 0) is 17.1 Å². The van der Waals surface area contributed by atoms with Crippen molar-refractivity contribution < 1.29 is 17.9 Å². The summed E-state index contributed by atoms with van der Waals surface area (Å²) >= 11 is 0. The van der Waals surface area contributed by atoms with E-state index in [0.717, 1.165) is 6.42 Å². The first-order chi connectivity index (χ1) is 11.0.